The minimum absolute atomic E-state index is 0.0361. The molecule has 2 atom stereocenters. The van der Waals surface area contributed by atoms with E-state index in [0.29, 0.717) is 0 Å². The van der Waals surface area contributed by atoms with Gasteiger partial charge in [-0.15, -0.1) is 0 Å². The van der Waals surface area contributed by atoms with Gasteiger partial charge in [0.2, 0.25) is 0 Å². The van der Waals surface area contributed by atoms with E-state index >= 15 is 0 Å². The van der Waals surface area contributed by atoms with Crippen LogP contribution in [0.1, 0.15) is 64.6 Å². The van der Waals surface area contributed by atoms with E-state index in [4.69, 9.17) is 0 Å². The Labute approximate surface area is 280 Å². The Morgan fingerprint density at radius 2 is 0.830 bits per heavy atom. The number of hydrogen-bond donors (Lipinski definition) is 2. The van der Waals surface area contributed by atoms with Crippen molar-refractivity contribution in [1.82, 2.24) is 9.80 Å². The predicted octanol–water partition coefficient (Wildman–Crippen LogP) is 7.80. The monoisotopic (exact) mass is 622 g/mol. The summed E-state index contributed by atoms with van der Waals surface area (Å²) in [6, 6.07) is 47.6. The highest BCUT2D eigenvalue weighted by Gasteiger charge is 2.46. The van der Waals surface area contributed by atoms with Gasteiger partial charge in [-0.3, -0.25) is 9.80 Å². The van der Waals surface area contributed by atoms with E-state index < -0.39 is 11.2 Å². The average molecular weight is 623 g/mol. The minimum atomic E-state index is -1.10. The van der Waals surface area contributed by atoms with Gasteiger partial charge in [-0.05, 0) is 79.1 Å². The standard InChI is InChI=1S/C43H46N2O2/c1-33-28-34(31-44-26-14-24-40(44)42(46,36-16-6-2-7-17-36)37-18-8-3-9-19-37)30-35(29-33)32-45-27-15-25-41(45)43(47,38-20-10-4-11-21-38)39-22-12-5-13-23-39/h2-13,16-23,28-30,40-41,46-47H,14-15,24-27,31-32H2,1H3/t40-,41-/m0/s1. The van der Waals surface area contributed by atoms with Crippen LogP contribution in [0, 0.1) is 6.92 Å². The van der Waals surface area contributed by atoms with E-state index in [9.17, 15) is 10.2 Å². The van der Waals surface area contributed by atoms with Crippen LogP contribution in [0.4, 0.5) is 0 Å². The van der Waals surface area contributed by atoms with Gasteiger partial charge in [-0.2, -0.15) is 0 Å². The molecule has 0 spiro atoms. The Morgan fingerprint density at radius 1 is 0.511 bits per heavy atom. The van der Waals surface area contributed by atoms with E-state index in [2.05, 4.69) is 83.5 Å². The molecule has 47 heavy (non-hydrogen) atoms. The van der Waals surface area contributed by atoms with Crippen molar-refractivity contribution in [2.75, 3.05) is 13.1 Å². The molecule has 4 heteroatoms. The zero-order valence-corrected chi connectivity index (χ0v) is 27.4. The second-order valence-corrected chi connectivity index (χ2v) is 13.6. The smallest absolute Gasteiger partial charge is 0.130 e. The summed E-state index contributed by atoms with van der Waals surface area (Å²) < 4.78 is 0. The van der Waals surface area contributed by atoms with Gasteiger partial charge < -0.3 is 10.2 Å². The number of rotatable bonds is 10. The summed E-state index contributed by atoms with van der Waals surface area (Å²) in [6.45, 7) is 5.65. The van der Waals surface area contributed by atoms with Crippen LogP contribution in [0.25, 0.3) is 0 Å². The molecule has 240 valence electrons. The maximum absolute atomic E-state index is 12.6. The lowest BCUT2D eigenvalue weighted by Crippen LogP contribution is -2.48. The molecule has 2 aliphatic rings. The molecular weight excluding hydrogens is 576 g/mol. The van der Waals surface area contributed by atoms with Crippen molar-refractivity contribution >= 4 is 0 Å². The van der Waals surface area contributed by atoms with Gasteiger partial charge >= 0.3 is 0 Å². The summed E-state index contributed by atoms with van der Waals surface area (Å²) in [4.78, 5) is 4.97. The van der Waals surface area contributed by atoms with Crippen molar-refractivity contribution < 1.29 is 10.2 Å². The summed E-state index contributed by atoms with van der Waals surface area (Å²) in [7, 11) is 0. The lowest BCUT2D eigenvalue weighted by Gasteiger charge is -2.40. The number of nitrogens with zero attached hydrogens (tertiary/aromatic N) is 2. The van der Waals surface area contributed by atoms with Crippen LogP contribution in [-0.4, -0.2) is 45.2 Å². The van der Waals surface area contributed by atoms with Crippen molar-refractivity contribution in [2.45, 2.75) is 69.0 Å². The average Bonchev–Trinajstić information content (AvgIpc) is 3.79. The fourth-order valence-electron chi connectivity index (χ4n) is 8.45. The molecule has 0 saturated carbocycles. The molecule has 0 aromatic heterocycles. The van der Waals surface area contributed by atoms with Crippen molar-refractivity contribution in [1.29, 1.82) is 0 Å². The zero-order chi connectivity index (χ0) is 32.3. The molecule has 2 saturated heterocycles. The van der Waals surface area contributed by atoms with Gasteiger partial charge in [0, 0.05) is 25.2 Å². The third-order valence-corrected chi connectivity index (χ3v) is 10.5. The molecule has 7 rings (SSSR count). The highest BCUT2D eigenvalue weighted by Crippen LogP contribution is 2.42. The summed E-state index contributed by atoms with van der Waals surface area (Å²) in [6.07, 6.45) is 3.98. The molecule has 4 nitrogen and oxygen atoms in total. The second kappa shape index (κ2) is 13.6. The Bertz CT molecular complexity index is 1540. The number of hydrogen-bond acceptors (Lipinski definition) is 4. The van der Waals surface area contributed by atoms with Crippen LogP contribution in [0.5, 0.6) is 0 Å². The zero-order valence-electron chi connectivity index (χ0n) is 27.4. The second-order valence-electron chi connectivity index (χ2n) is 13.6. The molecule has 2 fully saturated rings. The number of aliphatic hydroxyl groups is 2. The quantitative estimate of drug-likeness (QED) is 0.167. The van der Waals surface area contributed by atoms with Gasteiger partial charge in [0.1, 0.15) is 11.2 Å². The number of likely N-dealkylation sites (tertiary alicyclic amines) is 2. The fraction of sp³-hybridized carbons (Fsp3) is 0.302. The Hall–Kier alpha value is -4.06. The van der Waals surface area contributed by atoms with Crippen molar-refractivity contribution in [3.8, 4) is 0 Å². The first-order chi connectivity index (χ1) is 23.0. The van der Waals surface area contributed by atoms with E-state index in [1.165, 1.54) is 16.7 Å². The normalized spacial score (nSPS) is 19.3. The van der Waals surface area contributed by atoms with Crippen LogP contribution in [0.3, 0.4) is 0 Å². The predicted molar refractivity (Wildman–Crippen MR) is 190 cm³/mol. The van der Waals surface area contributed by atoms with Gasteiger partial charge in [-0.1, -0.05) is 145 Å². The van der Waals surface area contributed by atoms with Crippen LogP contribution < -0.4 is 0 Å². The first-order valence-corrected chi connectivity index (χ1v) is 17.2. The third-order valence-electron chi connectivity index (χ3n) is 10.5. The summed E-state index contributed by atoms with van der Waals surface area (Å²) >= 11 is 0. The molecule has 0 bridgehead atoms. The van der Waals surface area contributed by atoms with Gasteiger partial charge in [0.05, 0.1) is 0 Å². The van der Waals surface area contributed by atoms with Crippen molar-refractivity contribution in [3.63, 3.8) is 0 Å². The molecule has 0 amide bonds. The molecule has 2 aliphatic heterocycles. The van der Waals surface area contributed by atoms with Gasteiger partial charge in [-0.25, -0.2) is 0 Å². The van der Waals surface area contributed by atoms with E-state index in [0.717, 1.165) is 74.1 Å². The van der Waals surface area contributed by atoms with E-state index in [1.807, 2.05) is 72.8 Å². The molecule has 5 aromatic rings. The molecule has 0 radical (unpaired) electrons. The van der Waals surface area contributed by atoms with Gasteiger partial charge in [0.25, 0.3) is 0 Å². The van der Waals surface area contributed by atoms with Crippen LogP contribution >= 0.6 is 0 Å². The molecule has 0 unspecified atom stereocenters. The summed E-state index contributed by atoms with van der Waals surface area (Å²) in [5, 5.41) is 25.2. The highest BCUT2D eigenvalue weighted by molar-refractivity contribution is 5.41. The lowest BCUT2D eigenvalue weighted by molar-refractivity contribution is -0.00695. The maximum atomic E-state index is 12.6. The summed E-state index contributed by atoms with van der Waals surface area (Å²) in [5.41, 5.74) is 5.35. The molecule has 5 aromatic carbocycles. The topological polar surface area (TPSA) is 46.9 Å². The lowest BCUT2D eigenvalue weighted by atomic mass is 9.79. The third kappa shape index (κ3) is 6.19. The highest BCUT2D eigenvalue weighted by atomic mass is 16.3. The van der Waals surface area contributed by atoms with E-state index in [1.54, 1.807) is 0 Å². The van der Waals surface area contributed by atoms with Crippen molar-refractivity contribution in [3.05, 3.63) is 178 Å². The van der Waals surface area contributed by atoms with Crippen LogP contribution in [0.2, 0.25) is 0 Å². The molecule has 2 heterocycles. The fourth-order valence-corrected chi connectivity index (χ4v) is 8.45. The molecule has 0 aliphatic carbocycles. The Morgan fingerprint density at radius 3 is 1.15 bits per heavy atom. The maximum Gasteiger partial charge on any atom is 0.130 e. The van der Waals surface area contributed by atoms with Crippen LogP contribution in [0.15, 0.2) is 140 Å². The molecular formula is C43H46N2O2. The van der Waals surface area contributed by atoms with Crippen molar-refractivity contribution in [2.24, 2.45) is 0 Å². The largest absolute Gasteiger partial charge is 0.379 e. The Kier molecular flexibility index (Phi) is 9.11. The number of benzene rings is 5. The summed E-state index contributed by atoms with van der Waals surface area (Å²) in [5.74, 6) is 0. The SMILES string of the molecule is Cc1cc(CN2CCC[C@H]2C(O)(c2ccccc2)c2ccccc2)cc(CN2CCC[C@H]2C(O)(c2ccccc2)c2ccccc2)c1. The molecule has 2 N–H and O–H groups in total. The Balaban J connectivity index is 1.16. The van der Waals surface area contributed by atoms with Gasteiger partial charge in [0.15, 0.2) is 0 Å². The minimum Gasteiger partial charge on any atom is -0.379 e. The van der Waals surface area contributed by atoms with Crippen LogP contribution in [-0.2, 0) is 24.3 Å². The number of aryl methyl sites for hydroxylation is 1. The first-order valence-electron chi connectivity index (χ1n) is 17.2. The first kappa shape index (κ1) is 31.5. The van der Waals surface area contributed by atoms with E-state index in [-0.39, 0.29) is 12.1 Å².